The van der Waals surface area contributed by atoms with Crippen LogP contribution in [0.25, 0.3) is 0 Å². The van der Waals surface area contributed by atoms with Crippen molar-refractivity contribution in [1.29, 1.82) is 0 Å². The summed E-state index contributed by atoms with van der Waals surface area (Å²) in [5.41, 5.74) is 0.553. The first kappa shape index (κ1) is 15.3. The number of sulfonamides is 1. The lowest BCUT2D eigenvalue weighted by molar-refractivity contribution is -0.136. The number of nitrogens with one attached hydrogen (secondary N) is 1. The summed E-state index contributed by atoms with van der Waals surface area (Å²) in [6.45, 7) is 0.229. The highest BCUT2D eigenvalue weighted by atomic mass is 32.2. The van der Waals surface area contributed by atoms with E-state index >= 15 is 0 Å². The second kappa shape index (κ2) is 6.55. The molecule has 21 heavy (non-hydrogen) atoms. The number of carbonyl (C=O) groups is 1. The van der Waals surface area contributed by atoms with Crippen LogP contribution in [0.5, 0.6) is 0 Å². The van der Waals surface area contributed by atoms with Crippen LogP contribution in [0.2, 0.25) is 0 Å². The van der Waals surface area contributed by atoms with Crippen LogP contribution in [0.15, 0.2) is 52.0 Å². The van der Waals surface area contributed by atoms with E-state index in [1.54, 1.807) is 12.1 Å². The average molecular weight is 309 g/mol. The van der Waals surface area contributed by atoms with Crippen LogP contribution in [-0.4, -0.2) is 26.0 Å². The van der Waals surface area contributed by atoms with Gasteiger partial charge in [0, 0.05) is 13.0 Å². The van der Waals surface area contributed by atoms with E-state index in [1.807, 2.05) is 0 Å². The van der Waals surface area contributed by atoms with Crippen molar-refractivity contribution >= 4 is 16.0 Å². The van der Waals surface area contributed by atoms with Crippen LogP contribution in [0.3, 0.4) is 0 Å². The van der Waals surface area contributed by atoms with Gasteiger partial charge in [0.2, 0.25) is 10.0 Å². The summed E-state index contributed by atoms with van der Waals surface area (Å²) in [7, 11) is -3.60. The predicted molar refractivity (Wildman–Crippen MR) is 75.4 cm³/mol. The minimum absolute atomic E-state index is 0.107. The molecule has 2 aromatic rings. The Kier molecular flexibility index (Phi) is 4.77. The first-order valence-electron chi connectivity index (χ1n) is 6.30. The molecule has 0 spiro atoms. The zero-order valence-electron chi connectivity index (χ0n) is 11.2. The van der Waals surface area contributed by atoms with Crippen LogP contribution < -0.4 is 4.72 Å². The van der Waals surface area contributed by atoms with Crippen LogP contribution in [0.1, 0.15) is 11.3 Å². The third-order valence-corrected chi connectivity index (χ3v) is 4.31. The van der Waals surface area contributed by atoms with Gasteiger partial charge in [0.15, 0.2) is 0 Å². The molecule has 0 aliphatic heterocycles. The molecule has 0 bridgehead atoms. The maximum absolute atomic E-state index is 12.0. The van der Waals surface area contributed by atoms with Gasteiger partial charge >= 0.3 is 5.97 Å². The SMILES string of the molecule is O=C(O)Cc1ccc(S(=O)(=O)NCCc2ccco2)cc1. The molecule has 1 aromatic carbocycles. The van der Waals surface area contributed by atoms with E-state index in [0.29, 0.717) is 17.7 Å². The minimum Gasteiger partial charge on any atom is -0.481 e. The van der Waals surface area contributed by atoms with Gasteiger partial charge in [-0.25, -0.2) is 13.1 Å². The lowest BCUT2D eigenvalue weighted by Gasteiger charge is -2.06. The predicted octanol–water partition coefficient (Wildman–Crippen LogP) is 1.43. The quantitative estimate of drug-likeness (QED) is 0.806. The average Bonchev–Trinajstić information content (AvgIpc) is 2.91. The normalized spacial score (nSPS) is 11.4. The Bertz CT molecular complexity index is 689. The summed E-state index contributed by atoms with van der Waals surface area (Å²) in [5, 5.41) is 8.66. The Labute approximate surface area is 122 Å². The third-order valence-electron chi connectivity index (χ3n) is 2.83. The van der Waals surface area contributed by atoms with E-state index in [1.165, 1.54) is 30.5 Å². The molecule has 0 radical (unpaired) electrons. The van der Waals surface area contributed by atoms with Crippen LogP contribution in [0.4, 0.5) is 0 Å². The first-order chi connectivity index (χ1) is 9.97. The van der Waals surface area contributed by atoms with Crippen molar-refractivity contribution in [2.24, 2.45) is 0 Å². The van der Waals surface area contributed by atoms with Gasteiger partial charge in [-0.2, -0.15) is 0 Å². The maximum atomic E-state index is 12.0. The number of benzene rings is 1. The molecule has 2 rings (SSSR count). The fourth-order valence-electron chi connectivity index (χ4n) is 1.81. The zero-order valence-corrected chi connectivity index (χ0v) is 12.0. The molecule has 0 atom stereocenters. The van der Waals surface area contributed by atoms with Crippen molar-refractivity contribution in [3.05, 3.63) is 54.0 Å². The molecule has 2 N–H and O–H groups in total. The Morgan fingerprint density at radius 1 is 1.19 bits per heavy atom. The van der Waals surface area contributed by atoms with Gasteiger partial charge < -0.3 is 9.52 Å². The second-order valence-corrected chi connectivity index (χ2v) is 6.21. The summed E-state index contributed by atoms with van der Waals surface area (Å²) in [6.07, 6.45) is 1.86. The highest BCUT2D eigenvalue weighted by molar-refractivity contribution is 7.89. The molecule has 0 aliphatic carbocycles. The summed E-state index contributed by atoms with van der Waals surface area (Å²) in [4.78, 5) is 10.7. The number of hydrogen-bond acceptors (Lipinski definition) is 4. The van der Waals surface area contributed by atoms with Gasteiger partial charge in [-0.05, 0) is 29.8 Å². The molecule has 6 nitrogen and oxygen atoms in total. The van der Waals surface area contributed by atoms with Crippen molar-refractivity contribution in [2.75, 3.05) is 6.54 Å². The molecule has 112 valence electrons. The maximum Gasteiger partial charge on any atom is 0.307 e. The van der Waals surface area contributed by atoms with Gasteiger partial charge in [-0.3, -0.25) is 4.79 Å². The summed E-state index contributed by atoms with van der Waals surface area (Å²) >= 11 is 0. The lowest BCUT2D eigenvalue weighted by Crippen LogP contribution is -2.25. The summed E-state index contributed by atoms with van der Waals surface area (Å²) < 4.78 is 31.7. The zero-order chi connectivity index (χ0) is 15.3. The molecular formula is C14H15NO5S. The molecule has 1 aromatic heterocycles. The largest absolute Gasteiger partial charge is 0.481 e. The molecule has 0 saturated heterocycles. The fourth-order valence-corrected chi connectivity index (χ4v) is 2.84. The molecule has 1 heterocycles. The molecule has 0 saturated carbocycles. The van der Waals surface area contributed by atoms with E-state index in [4.69, 9.17) is 9.52 Å². The number of hydrogen-bond donors (Lipinski definition) is 2. The minimum atomic E-state index is -3.60. The first-order valence-corrected chi connectivity index (χ1v) is 7.78. The van der Waals surface area contributed by atoms with Crippen molar-refractivity contribution in [3.63, 3.8) is 0 Å². The van der Waals surface area contributed by atoms with Crippen LogP contribution >= 0.6 is 0 Å². The highest BCUT2D eigenvalue weighted by Gasteiger charge is 2.13. The molecule has 0 amide bonds. The van der Waals surface area contributed by atoms with Crippen LogP contribution in [0, 0.1) is 0 Å². The highest BCUT2D eigenvalue weighted by Crippen LogP contribution is 2.11. The molecule has 0 unspecified atom stereocenters. The van der Waals surface area contributed by atoms with Gasteiger partial charge in [0.1, 0.15) is 5.76 Å². The number of furan rings is 1. The van der Waals surface area contributed by atoms with Crippen molar-refractivity contribution in [1.82, 2.24) is 4.72 Å². The van der Waals surface area contributed by atoms with Gasteiger partial charge in [0.25, 0.3) is 0 Å². The van der Waals surface area contributed by atoms with Crippen molar-refractivity contribution in [3.8, 4) is 0 Å². The van der Waals surface area contributed by atoms with Crippen LogP contribution in [-0.2, 0) is 27.7 Å². The second-order valence-electron chi connectivity index (χ2n) is 4.44. The standard InChI is InChI=1S/C14H15NO5S/c16-14(17)10-11-3-5-13(6-4-11)21(18,19)15-8-7-12-2-1-9-20-12/h1-6,9,15H,7-8,10H2,(H,16,17). The number of carboxylic acid groups (broad SMARTS) is 1. The smallest absolute Gasteiger partial charge is 0.307 e. The van der Waals surface area contributed by atoms with Gasteiger partial charge in [-0.15, -0.1) is 0 Å². The Balaban J connectivity index is 1.96. The van der Waals surface area contributed by atoms with E-state index in [2.05, 4.69) is 4.72 Å². The van der Waals surface area contributed by atoms with E-state index in [9.17, 15) is 13.2 Å². The Morgan fingerprint density at radius 3 is 2.48 bits per heavy atom. The molecule has 0 aliphatic rings. The van der Waals surface area contributed by atoms with Gasteiger partial charge in [-0.1, -0.05) is 12.1 Å². The number of carboxylic acids is 1. The summed E-state index contributed by atoms with van der Waals surface area (Å²) in [6, 6.07) is 9.30. The van der Waals surface area contributed by atoms with E-state index < -0.39 is 16.0 Å². The monoisotopic (exact) mass is 309 g/mol. The Hall–Kier alpha value is -2.12. The van der Waals surface area contributed by atoms with E-state index in [-0.39, 0.29) is 17.9 Å². The van der Waals surface area contributed by atoms with Crippen molar-refractivity contribution in [2.45, 2.75) is 17.7 Å². The van der Waals surface area contributed by atoms with Crippen molar-refractivity contribution < 1.29 is 22.7 Å². The topological polar surface area (TPSA) is 96.6 Å². The third kappa shape index (κ3) is 4.44. The molecule has 0 fully saturated rings. The molecular weight excluding hydrogens is 294 g/mol. The van der Waals surface area contributed by atoms with E-state index in [0.717, 1.165) is 0 Å². The number of rotatable bonds is 7. The Morgan fingerprint density at radius 2 is 1.90 bits per heavy atom. The fraction of sp³-hybridized carbons (Fsp3) is 0.214. The lowest BCUT2D eigenvalue weighted by atomic mass is 10.2. The summed E-state index contributed by atoms with van der Waals surface area (Å²) in [5.74, 6) is -0.253. The molecule has 7 heteroatoms. The number of aliphatic carboxylic acids is 1. The van der Waals surface area contributed by atoms with Gasteiger partial charge in [0.05, 0.1) is 17.6 Å².